The van der Waals surface area contributed by atoms with E-state index in [9.17, 15) is 4.79 Å². The zero-order valence-electron chi connectivity index (χ0n) is 12.9. The highest BCUT2D eigenvalue weighted by molar-refractivity contribution is 5.97. The number of hydrogen-bond acceptors (Lipinski definition) is 3. The van der Waals surface area contributed by atoms with Crippen molar-refractivity contribution in [3.63, 3.8) is 0 Å². The maximum atomic E-state index is 12.4. The summed E-state index contributed by atoms with van der Waals surface area (Å²) in [6, 6.07) is 13.3. The topological polar surface area (TPSA) is 58.6 Å². The van der Waals surface area contributed by atoms with Crippen LogP contribution in [0, 0.1) is 13.8 Å². The van der Waals surface area contributed by atoms with Gasteiger partial charge < -0.3 is 15.2 Å². The van der Waals surface area contributed by atoms with Gasteiger partial charge in [0, 0.05) is 17.7 Å². The van der Waals surface area contributed by atoms with Gasteiger partial charge in [-0.1, -0.05) is 36.4 Å². The standard InChI is InChI=1S/C18H21NO3/c1-13-6-5-7-14(2)17(13)18(21)19-12-15-8-3-4-9-16(15)22-11-10-20/h3-9,20H,10-12H2,1-2H3,(H,19,21). The Morgan fingerprint density at radius 2 is 1.77 bits per heavy atom. The van der Waals surface area contributed by atoms with Crippen molar-refractivity contribution in [2.75, 3.05) is 13.2 Å². The average Bonchev–Trinajstić information content (AvgIpc) is 2.51. The molecule has 0 spiro atoms. The Kier molecular flexibility index (Phi) is 5.55. The maximum absolute atomic E-state index is 12.4. The van der Waals surface area contributed by atoms with E-state index in [1.807, 2.05) is 56.3 Å². The third kappa shape index (κ3) is 3.86. The molecule has 0 saturated heterocycles. The van der Waals surface area contributed by atoms with Crippen LogP contribution in [0.5, 0.6) is 5.75 Å². The molecule has 0 heterocycles. The van der Waals surface area contributed by atoms with Crippen molar-refractivity contribution in [1.82, 2.24) is 5.32 Å². The van der Waals surface area contributed by atoms with Gasteiger partial charge >= 0.3 is 0 Å². The molecule has 4 nitrogen and oxygen atoms in total. The minimum Gasteiger partial charge on any atom is -0.491 e. The summed E-state index contributed by atoms with van der Waals surface area (Å²) < 4.78 is 5.47. The predicted octanol–water partition coefficient (Wildman–Crippen LogP) is 2.60. The molecule has 0 radical (unpaired) electrons. The number of aliphatic hydroxyl groups is 1. The summed E-state index contributed by atoms with van der Waals surface area (Å²) in [6.45, 7) is 4.44. The molecule has 1 amide bonds. The highest BCUT2D eigenvalue weighted by atomic mass is 16.5. The van der Waals surface area contributed by atoms with E-state index >= 15 is 0 Å². The number of ether oxygens (including phenoxy) is 1. The largest absolute Gasteiger partial charge is 0.491 e. The molecule has 0 aromatic heterocycles. The van der Waals surface area contributed by atoms with Crippen LogP contribution in [0.4, 0.5) is 0 Å². The summed E-state index contributed by atoms with van der Waals surface area (Å²) in [7, 11) is 0. The zero-order chi connectivity index (χ0) is 15.9. The maximum Gasteiger partial charge on any atom is 0.252 e. The van der Waals surface area contributed by atoms with Crippen molar-refractivity contribution in [1.29, 1.82) is 0 Å². The molecule has 0 fully saturated rings. The highest BCUT2D eigenvalue weighted by Crippen LogP contribution is 2.18. The molecule has 2 rings (SSSR count). The van der Waals surface area contributed by atoms with Crippen molar-refractivity contribution >= 4 is 5.91 Å². The fraction of sp³-hybridized carbons (Fsp3) is 0.278. The number of benzene rings is 2. The lowest BCUT2D eigenvalue weighted by Gasteiger charge is -2.13. The summed E-state index contributed by atoms with van der Waals surface area (Å²) >= 11 is 0. The van der Waals surface area contributed by atoms with Gasteiger partial charge in [-0.25, -0.2) is 0 Å². The number of carbonyl (C=O) groups is 1. The molecule has 2 N–H and O–H groups in total. The first-order valence-electron chi connectivity index (χ1n) is 7.29. The predicted molar refractivity (Wildman–Crippen MR) is 86.1 cm³/mol. The van der Waals surface area contributed by atoms with Gasteiger partial charge in [0.25, 0.3) is 5.91 Å². The number of rotatable bonds is 6. The number of aryl methyl sites for hydroxylation is 2. The fourth-order valence-corrected chi connectivity index (χ4v) is 2.38. The normalized spacial score (nSPS) is 10.3. The molecule has 0 aliphatic heterocycles. The van der Waals surface area contributed by atoms with Crippen molar-refractivity contribution in [3.8, 4) is 5.75 Å². The number of nitrogens with one attached hydrogen (secondary N) is 1. The minimum atomic E-state index is -0.0902. The Bertz CT molecular complexity index is 632. The fourth-order valence-electron chi connectivity index (χ4n) is 2.38. The van der Waals surface area contributed by atoms with E-state index in [0.717, 1.165) is 22.3 Å². The number of aliphatic hydroxyl groups excluding tert-OH is 1. The highest BCUT2D eigenvalue weighted by Gasteiger charge is 2.12. The lowest BCUT2D eigenvalue weighted by Crippen LogP contribution is -2.24. The van der Waals surface area contributed by atoms with Crippen LogP contribution in [0.15, 0.2) is 42.5 Å². The Morgan fingerprint density at radius 1 is 1.09 bits per heavy atom. The van der Waals surface area contributed by atoms with Gasteiger partial charge in [-0.3, -0.25) is 4.79 Å². The lowest BCUT2D eigenvalue weighted by atomic mass is 10.0. The molecular formula is C18H21NO3. The van der Waals surface area contributed by atoms with Crippen molar-refractivity contribution in [2.24, 2.45) is 0 Å². The molecule has 2 aromatic carbocycles. The third-order valence-electron chi connectivity index (χ3n) is 3.47. The van der Waals surface area contributed by atoms with Gasteiger partial charge in [0.05, 0.1) is 6.61 Å². The Balaban J connectivity index is 2.08. The summed E-state index contributed by atoms with van der Waals surface area (Å²) in [4.78, 5) is 12.4. The van der Waals surface area contributed by atoms with Crippen molar-refractivity contribution < 1.29 is 14.6 Å². The van der Waals surface area contributed by atoms with Gasteiger partial charge in [0.1, 0.15) is 12.4 Å². The second kappa shape index (κ2) is 7.61. The molecule has 116 valence electrons. The molecular weight excluding hydrogens is 278 g/mol. The summed E-state index contributed by atoms with van der Waals surface area (Å²) in [5.74, 6) is 0.589. The molecule has 4 heteroatoms. The van der Waals surface area contributed by atoms with Crippen LogP contribution in [0.25, 0.3) is 0 Å². The minimum absolute atomic E-state index is 0.0386. The lowest BCUT2D eigenvalue weighted by molar-refractivity contribution is 0.0949. The molecule has 0 atom stereocenters. The van der Waals surface area contributed by atoms with Gasteiger partial charge in [-0.15, -0.1) is 0 Å². The van der Waals surface area contributed by atoms with Gasteiger partial charge in [0.2, 0.25) is 0 Å². The van der Waals surface area contributed by atoms with E-state index in [0.29, 0.717) is 12.3 Å². The summed E-state index contributed by atoms with van der Waals surface area (Å²) in [5.41, 5.74) is 3.52. The van der Waals surface area contributed by atoms with Crippen LogP contribution >= 0.6 is 0 Å². The molecule has 0 bridgehead atoms. The number of hydrogen-bond donors (Lipinski definition) is 2. The Morgan fingerprint density at radius 3 is 2.45 bits per heavy atom. The van der Waals surface area contributed by atoms with E-state index in [4.69, 9.17) is 9.84 Å². The van der Waals surface area contributed by atoms with E-state index in [1.54, 1.807) is 0 Å². The van der Waals surface area contributed by atoms with Crippen LogP contribution < -0.4 is 10.1 Å². The van der Waals surface area contributed by atoms with Crippen LogP contribution in [0.2, 0.25) is 0 Å². The van der Waals surface area contributed by atoms with E-state index in [2.05, 4.69) is 5.32 Å². The molecule has 2 aromatic rings. The first-order chi connectivity index (χ1) is 10.6. The van der Waals surface area contributed by atoms with Gasteiger partial charge in [-0.2, -0.15) is 0 Å². The zero-order valence-corrected chi connectivity index (χ0v) is 12.9. The van der Waals surface area contributed by atoms with Crippen LogP contribution in [-0.4, -0.2) is 24.2 Å². The average molecular weight is 299 g/mol. The molecule has 0 saturated carbocycles. The van der Waals surface area contributed by atoms with E-state index < -0.39 is 0 Å². The van der Waals surface area contributed by atoms with Gasteiger partial charge in [0.15, 0.2) is 0 Å². The third-order valence-corrected chi connectivity index (χ3v) is 3.47. The number of carbonyl (C=O) groups excluding carboxylic acids is 1. The first kappa shape index (κ1) is 16.0. The van der Waals surface area contributed by atoms with Crippen molar-refractivity contribution in [3.05, 3.63) is 64.7 Å². The van der Waals surface area contributed by atoms with Gasteiger partial charge in [-0.05, 0) is 31.0 Å². The molecule has 0 aliphatic carbocycles. The number of para-hydroxylation sites is 1. The van der Waals surface area contributed by atoms with Crippen LogP contribution in [-0.2, 0) is 6.54 Å². The van der Waals surface area contributed by atoms with Crippen molar-refractivity contribution in [2.45, 2.75) is 20.4 Å². The second-order valence-corrected chi connectivity index (χ2v) is 5.13. The SMILES string of the molecule is Cc1cccc(C)c1C(=O)NCc1ccccc1OCCO. The van der Waals surface area contributed by atoms with Crippen LogP contribution in [0.1, 0.15) is 27.0 Å². The molecule has 0 aliphatic rings. The summed E-state index contributed by atoms with van der Waals surface area (Å²) in [6.07, 6.45) is 0. The molecule has 0 unspecified atom stereocenters. The Labute approximate surface area is 130 Å². The Hall–Kier alpha value is -2.33. The van der Waals surface area contributed by atoms with E-state index in [-0.39, 0.29) is 19.1 Å². The second-order valence-electron chi connectivity index (χ2n) is 5.13. The number of amides is 1. The monoisotopic (exact) mass is 299 g/mol. The molecule has 22 heavy (non-hydrogen) atoms. The first-order valence-corrected chi connectivity index (χ1v) is 7.29. The van der Waals surface area contributed by atoms with Crippen LogP contribution in [0.3, 0.4) is 0 Å². The van der Waals surface area contributed by atoms with E-state index in [1.165, 1.54) is 0 Å². The summed E-state index contributed by atoms with van der Waals surface area (Å²) in [5, 5.41) is 11.8. The quantitative estimate of drug-likeness (QED) is 0.862. The smallest absolute Gasteiger partial charge is 0.252 e.